The second-order valence-corrected chi connectivity index (χ2v) is 6.67. The standard InChI is InChI=1S/C15H29N3O2/c1-17(2)11-12-5-8-18(9-6-12)10-7-14(15(19)20)16-13-3-4-13/h12-14,16H,3-11H2,1-2H3,(H,19,20). The summed E-state index contributed by atoms with van der Waals surface area (Å²) in [5, 5.41) is 12.5. The topological polar surface area (TPSA) is 55.8 Å². The maximum Gasteiger partial charge on any atom is 0.320 e. The zero-order valence-corrected chi connectivity index (χ0v) is 12.8. The summed E-state index contributed by atoms with van der Waals surface area (Å²) < 4.78 is 0. The molecule has 116 valence electrons. The smallest absolute Gasteiger partial charge is 0.320 e. The highest BCUT2D eigenvalue weighted by molar-refractivity contribution is 5.73. The van der Waals surface area contributed by atoms with Crippen LogP contribution in [0.15, 0.2) is 0 Å². The molecule has 1 heterocycles. The Morgan fingerprint density at radius 3 is 2.45 bits per heavy atom. The van der Waals surface area contributed by atoms with Crippen LogP contribution >= 0.6 is 0 Å². The molecule has 0 bridgehead atoms. The number of rotatable bonds is 8. The van der Waals surface area contributed by atoms with Gasteiger partial charge in [-0.3, -0.25) is 4.79 Å². The summed E-state index contributed by atoms with van der Waals surface area (Å²) in [6.45, 7) is 4.32. The number of carboxylic acids is 1. The molecule has 1 unspecified atom stereocenters. The molecule has 0 aromatic heterocycles. The van der Waals surface area contributed by atoms with Crippen LogP contribution in [0.2, 0.25) is 0 Å². The van der Waals surface area contributed by atoms with E-state index in [0.29, 0.717) is 6.04 Å². The zero-order chi connectivity index (χ0) is 14.5. The predicted molar refractivity (Wildman–Crippen MR) is 79.9 cm³/mol. The Bertz CT molecular complexity index is 310. The van der Waals surface area contributed by atoms with Crippen molar-refractivity contribution in [2.45, 2.75) is 44.2 Å². The molecule has 1 atom stereocenters. The molecule has 1 saturated heterocycles. The number of piperidine rings is 1. The molecular formula is C15H29N3O2. The second kappa shape index (κ2) is 7.38. The molecule has 0 radical (unpaired) electrons. The van der Waals surface area contributed by atoms with E-state index >= 15 is 0 Å². The van der Waals surface area contributed by atoms with Crippen molar-refractivity contribution in [2.75, 3.05) is 40.3 Å². The Morgan fingerprint density at radius 2 is 1.95 bits per heavy atom. The van der Waals surface area contributed by atoms with Crippen molar-refractivity contribution in [1.29, 1.82) is 0 Å². The number of carboxylic acid groups (broad SMARTS) is 1. The van der Waals surface area contributed by atoms with Gasteiger partial charge in [-0.2, -0.15) is 0 Å². The summed E-state index contributed by atoms with van der Waals surface area (Å²) in [7, 11) is 4.26. The zero-order valence-electron chi connectivity index (χ0n) is 12.8. The number of aliphatic carboxylic acids is 1. The number of carbonyl (C=O) groups is 1. The van der Waals surface area contributed by atoms with Crippen molar-refractivity contribution in [3.05, 3.63) is 0 Å². The lowest BCUT2D eigenvalue weighted by atomic mass is 9.96. The molecule has 5 heteroatoms. The van der Waals surface area contributed by atoms with Crippen LogP contribution in [0, 0.1) is 5.92 Å². The van der Waals surface area contributed by atoms with Gasteiger partial charge in [-0.1, -0.05) is 0 Å². The van der Waals surface area contributed by atoms with E-state index in [1.807, 2.05) is 0 Å². The molecule has 1 aliphatic carbocycles. The summed E-state index contributed by atoms with van der Waals surface area (Å²) in [5.74, 6) is 0.112. The molecule has 20 heavy (non-hydrogen) atoms. The van der Waals surface area contributed by atoms with Crippen LogP contribution in [0.25, 0.3) is 0 Å². The van der Waals surface area contributed by atoms with E-state index in [0.717, 1.165) is 44.8 Å². The van der Waals surface area contributed by atoms with Gasteiger partial charge in [0.15, 0.2) is 0 Å². The van der Waals surface area contributed by atoms with Gasteiger partial charge >= 0.3 is 5.97 Å². The van der Waals surface area contributed by atoms with Crippen LogP contribution in [-0.4, -0.2) is 73.2 Å². The van der Waals surface area contributed by atoms with Crippen molar-refractivity contribution in [3.8, 4) is 0 Å². The lowest BCUT2D eigenvalue weighted by Crippen LogP contribution is -2.43. The van der Waals surface area contributed by atoms with Crippen LogP contribution in [0.3, 0.4) is 0 Å². The van der Waals surface area contributed by atoms with Gasteiger partial charge in [0.1, 0.15) is 6.04 Å². The molecular weight excluding hydrogens is 254 g/mol. The van der Waals surface area contributed by atoms with Crippen molar-refractivity contribution < 1.29 is 9.90 Å². The van der Waals surface area contributed by atoms with E-state index in [1.54, 1.807) is 0 Å². The van der Waals surface area contributed by atoms with Crippen molar-refractivity contribution in [1.82, 2.24) is 15.1 Å². The van der Waals surface area contributed by atoms with Gasteiger partial charge in [0.05, 0.1) is 0 Å². The van der Waals surface area contributed by atoms with Gasteiger partial charge in [0.2, 0.25) is 0 Å². The van der Waals surface area contributed by atoms with Gasteiger partial charge in [-0.15, -0.1) is 0 Å². The average molecular weight is 283 g/mol. The number of likely N-dealkylation sites (tertiary alicyclic amines) is 1. The molecule has 5 nitrogen and oxygen atoms in total. The quantitative estimate of drug-likeness (QED) is 0.692. The molecule has 2 N–H and O–H groups in total. The first-order valence-electron chi connectivity index (χ1n) is 7.90. The maximum atomic E-state index is 11.2. The Kier molecular flexibility index (Phi) is 5.81. The molecule has 2 rings (SSSR count). The van der Waals surface area contributed by atoms with Crippen LogP contribution < -0.4 is 5.32 Å². The van der Waals surface area contributed by atoms with Gasteiger partial charge in [-0.05, 0) is 65.2 Å². The lowest BCUT2D eigenvalue weighted by molar-refractivity contribution is -0.139. The highest BCUT2D eigenvalue weighted by atomic mass is 16.4. The third-order valence-electron chi connectivity index (χ3n) is 4.38. The number of hydrogen-bond donors (Lipinski definition) is 2. The average Bonchev–Trinajstić information content (AvgIpc) is 3.19. The Balaban J connectivity index is 1.65. The van der Waals surface area contributed by atoms with Crippen molar-refractivity contribution in [2.24, 2.45) is 5.92 Å². The molecule has 0 spiro atoms. The summed E-state index contributed by atoms with van der Waals surface area (Å²) in [5.41, 5.74) is 0. The fraction of sp³-hybridized carbons (Fsp3) is 0.933. The first-order chi connectivity index (χ1) is 9.54. The van der Waals surface area contributed by atoms with Crippen LogP contribution in [0.1, 0.15) is 32.1 Å². The first-order valence-corrected chi connectivity index (χ1v) is 7.90. The molecule has 0 aromatic rings. The SMILES string of the molecule is CN(C)CC1CCN(CCC(NC2CC2)C(=O)O)CC1. The largest absolute Gasteiger partial charge is 0.480 e. The molecule has 0 aromatic carbocycles. The Hall–Kier alpha value is -0.650. The molecule has 1 saturated carbocycles. The van der Waals surface area contributed by atoms with Gasteiger partial charge in [0.25, 0.3) is 0 Å². The summed E-state index contributed by atoms with van der Waals surface area (Å²) in [6, 6.07) is 0.101. The molecule has 2 aliphatic rings. The van der Waals surface area contributed by atoms with Gasteiger partial charge in [-0.25, -0.2) is 0 Å². The number of nitrogens with one attached hydrogen (secondary N) is 1. The summed E-state index contributed by atoms with van der Waals surface area (Å²) in [6.07, 6.45) is 5.49. The predicted octanol–water partition coefficient (Wildman–Crippen LogP) is 0.855. The lowest BCUT2D eigenvalue weighted by Gasteiger charge is -2.33. The number of hydrogen-bond acceptors (Lipinski definition) is 4. The summed E-state index contributed by atoms with van der Waals surface area (Å²) in [4.78, 5) is 15.9. The normalized spacial score (nSPS) is 23.1. The van der Waals surface area contributed by atoms with E-state index in [-0.39, 0.29) is 6.04 Å². The minimum atomic E-state index is -0.695. The summed E-state index contributed by atoms with van der Waals surface area (Å²) >= 11 is 0. The van der Waals surface area contributed by atoms with E-state index in [2.05, 4.69) is 29.2 Å². The van der Waals surface area contributed by atoms with Crippen LogP contribution in [0.5, 0.6) is 0 Å². The fourth-order valence-electron chi connectivity index (χ4n) is 3.03. The van der Waals surface area contributed by atoms with Gasteiger partial charge in [0, 0.05) is 19.1 Å². The van der Waals surface area contributed by atoms with Crippen LogP contribution in [0.4, 0.5) is 0 Å². The Labute approximate surface area is 122 Å². The minimum Gasteiger partial charge on any atom is -0.480 e. The third-order valence-corrected chi connectivity index (χ3v) is 4.38. The second-order valence-electron chi connectivity index (χ2n) is 6.67. The highest BCUT2D eigenvalue weighted by Crippen LogP contribution is 2.21. The molecule has 2 fully saturated rings. The number of nitrogens with zero attached hydrogens (tertiary/aromatic N) is 2. The van der Waals surface area contributed by atoms with Crippen molar-refractivity contribution >= 4 is 5.97 Å². The fourth-order valence-corrected chi connectivity index (χ4v) is 3.03. The van der Waals surface area contributed by atoms with E-state index in [1.165, 1.54) is 19.4 Å². The van der Waals surface area contributed by atoms with E-state index < -0.39 is 5.97 Å². The van der Waals surface area contributed by atoms with Crippen LogP contribution in [-0.2, 0) is 4.79 Å². The first kappa shape index (κ1) is 15.7. The van der Waals surface area contributed by atoms with E-state index in [4.69, 9.17) is 0 Å². The Morgan fingerprint density at radius 1 is 1.30 bits per heavy atom. The van der Waals surface area contributed by atoms with Crippen molar-refractivity contribution in [3.63, 3.8) is 0 Å². The molecule has 0 amide bonds. The van der Waals surface area contributed by atoms with Gasteiger partial charge < -0.3 is 20.2 Å². The minimum absolute atomic E-state index is 0.359. The van der Waals surface area contributed by atoms with E-state index in [9.17, 15) is 9.90 Å². The third kappa shape index (κ3) is 5.38. The highest BCUT2D eigenvalue weighted by Gasteiger charge is 2.28. The maximum absolute atomic E-state index is 11.2. The monoisotopic (exact) mass is 283 g/mol. The molecule has 1 aliphatic heterocycles.